The molecule has 54 valence electrons. The van der Waals surface area contributed by atoms with Gasteiger partial charge in [0.15, 0.2) is 0 Å². The quantitative estimate of drug-likeness (QED) is 0.519. The van der Waals surface area contributed by atoms with Gasteiger partial charge in [0, 0.05) is 0 Å². The van der Waals surface area contributed by atoms with Crippen molar-refractivity contribution >= 4 is 11.6 Å². The molecule has 1 aliphatic heterocycles. The average Bonchev–Trinajstić information content (AvgIpc) is 2.10. The topological polar surface area (TPSA) is 9.23 Å². The standard InChI is InChI=1S/C7H13ClO/c1-3-6-5(2)4-7(8)9-6/h5-7H,3-4H2,1-2H3/t5?,6?,7-/m0/s1. The van der Waals surface area contributed by atoms with Gasteiger partial charge in [0.25, 0.3) is 0 Å². The Bertz CT molecular complexity index is 94.9. The largest absolute Gasteiger partial charge is 0.359 e. The summed E-state index contributed by atoms with van der Waals surface area (Å²) in [7, 11) is 0. The molecule has 9 heavy (non-hydrogen) atoms. The molecule has 0 aromatic rings. The summed E-state index contributed by atoms with van der Waals surface area (Å²) < 4.78 is 5.39. The van der Waals surface area contributed by atoms with Crippen LogP contribution in [0.25, 0.3) is 0 Å². The van der Waals surface area contributed by atoms with Gasteiger partial charge in [-0.1, -0.05) is 25.4 Å². The predicted molar refractivity (Wildman–Crippen MR) is 38.6 cm³/mol. The first-order valence-corrected chi connectivity index (χ1v) is 3.97. The minimum Gasteiger partial charge on any atom is -0.359 e. The van der Waals surface area contributed by atoms with Crippen LogP contribution in [-0.4, -0.2) is 11.7 Å². The molecule has 0 bridgehead atoms. The number of rotatable bonds is 1. The summed E-state index contributed by atoms with van der Waals surface area (Å²) in [6.07, 6.45) is 2.51. The van der Waals surface area contributed by atoms with E-state index in [1.54, 1.807) is 0 Å². The van der Waals surface area contributed by atoms with Crippen LogP contribution in [0.1, 0.15) is 26.7 Å². The Morgan fingerprint density at radius 2 is 2.33 bits per heavy atom. The fraction of sp³-hybridized carbons (Fsp3) is 1.00. The normalized spacial score (nSPS) is 43.7. The van der Waals surface area contributed by atoms with E-state index >= 15 is 0 Å². The number of halogens is 1. The molecule has 0 radical (unpaired) electrons. The predicted octanol–water partition coefficient (Wildman–Crippen LogP) is 2.39. The van der Waals surface area contributed by atoms with E-state index in [1.807, 2.05) is 0 Å². The minimum absolute atomic E-state index is 0.0232. The molecular formula is C7H13ClO. The van der Waals surface area contributed by atoms with E-state index in [2.05, 4.69) is 13.8 Å². The molecule has 0 aliphatic carbocycles. The number of ether oxygens (including phenoxy) is 1. The van der Waals surface area contributed by atoms with Crippen LogP contribution in [0.5, 0.6) is 0 Å². The highest BCUT2D eigenvalue weighted by Gasteiger charge is 2.28. The molecular weight excluding hydrogens is 136 g/mol. The van der Waals surface area contributed by atoms with E-state index in [0.29, 0.717) is 12.0 Å². The van der Waals surface area contributed by atoms with Gasteiger partial charge in [-0.2, -0.15) is 0 Å². The Balaban J connectivity index is 2.38. The maximum absolute atomic E-state index is 5.76. The lowest BCUT2D eigenvalue weighted by molar-refractivity contribution is 0.0721. The fourth-order valence-corrected chi connectivity index (χ4v) is 1.74. The van der Waals surface area contributed by atoms with E-state index < -0.39 is 0 Å². The number of hydrogen-bond donors (Lipinski definition) is 0. The SMILES string of the molecule is CCC1O[C@H](Cl)CC1C. The molecule has 1 nitrogen and oxygen atoms in total. The van der Waals surface area contributed by atoms with E-state index in [4.69, 9.17) is 16.3 Å². The van der Waals surface area contributed by atoms with Gasteiger partial charge >= 0.3 is 0 Å². The van der Waals surface area contributed by atoms with Gasteiger partial charge in [-0.15, -0.1) is 0 Å². The molecule has 1 heterocycles. The molecule has 0 N–H and O–H groups in total. The molecule has 1 aliphatic rings. The molecule has 3 atom stereocenters. The van der Waals surface area contributed by atoms with E-state index in [-0.39, 0.29) is 5.56 Å². The summed E-state index contributed by atoms with van der Waals surface area (Å²) in [5.74, 6) is 0.650. The molecule has 0 saturated carbocycles. The van der Waals surface area contributed by atoms with Crippen molar-refractivity contribution in [2.75, 3.05) is 0 Å². The first-order valence-electron chi connectivity index (χ1n) is 3.53. The zero-order valence-electron chi connectivity index (χ0n) is 5.93. The highest BCUT2D eigenvalue weighted by molar-refractivity contribution is 6.19. The van der Waals surface area contributed by atoms with Crippen LogP contribution in [0.4, 0.5) is 0 Å². The zero-order valence-corrected chi connectivity index (χ0v) is 6.69. The number of alkyl halides is 1. The van der Waals surface area contributed by atoms with Crippen molar-refractivity contribution in [3.05, 3.63) is 0 Å². The lowest BCUT2D eigenvalue weighted by Gasteiger charge is -2.09. The van der Waals surface area contributed by atoms with E-state index in [0.717, 1.165) is 12.8 Å². The second-order valence-corrected chi connectivity index (χ2v) is 3.19. The second kappa shape index (κ2) is 2.89. The molecule has 1 fully saturated rings. The molecule has 0 amide bonds. The van der Waals surface area contributed by atoms with E-state index in [1.165, 1.54) is 0 Å². The zero-order chi connectivity index (χ0) is 6.85. The molecule has 1 saturated heterocycles. The Kier molecular flexibility index (Phi) is 2.36. The van der Waals surface area contributed by atoms with Crippen molar-refractivity contribution in [2.45, 2.75) is 38.4 Å². The smallest absolute Gasteiger partial charge is 0.131 e. The van der Waals surface area contributed by atoms with Crippen LogP contribution in [0.15, 0.2) is 0 Å². The van der Waals surface area contributed by atoms with Crippen LogP contribution in [0, 0.1) is 5.92 Å². The molecule has 2 heteroatoms. The van der Waals surface area contributed by atoms with Gasteiger partial charge in [0.2, 0.25) is 0 Å². The number of hydrogen-bond acceptors (Lipinski definition) is 1. The van der Waals surface area contributed by atoms with Gasteiger partial charge in [-0.25, -0.2) is 0 Å². The highest BCUT2D eigenvalue weighted by Crippen LogP contribution is 2.29. The Hall–Kier alpha value is 0.250. The molecule has 0 spiro atoms. The molecule has 1 rings (SSSR count). The monoisotopic (exact) mass is 148 g/mol. The third-order valence-corrected chi connectivity index (χ3v) is 2.20. The second-order valence-electron chi connectivity index (χ2n) is 2.71. The minimum atomic E-state index is -0.0232. The third-order valence-electron chi connectivity index (χ3n) is 1.92. The van der Waals surface area contributed by atoms with Crippen molar-refractivity contribution in [3.8, 4) is 0 Å². The van der Waals surface area contributed by atoms with Crippen LogP contribution in [0.2, 0.25) is 0 Å². The fourth-order valence-electron chi connectivity index (χ4n) is 1.32. The van der Waals surface area contributed by atoms with Crippen molar-refractivity contribution in [1.29, 1.82) is 0 Å². The third kappa shape index (κ3) is 1.59. The lowest BCUT2D eigenvalue weighted by atomic mass is 10.0. The van der Waals surface area contributed by atoms with Crippen molar-refractivity contribution < 1.29 is 4.74 Å². The van der Waals surface area contributed by atoms with Gasteiger partial charge in [0.05, 0.1) is 6.10 Å². The summed E-state index contributed by atoms with van der Waals surface area (Å²) in [5, 5.41) is 0. The Labute approximate surface area is 61.3 Å². The van der Waals surface area contributed by atoms with Crippen molar-refractivity contribution in [1.82, 2.24) is 0 Å². The van der Waals surface area contributed by atoms with Gasteiger partial charge in [-0.3, -0.25) is 0 Å². The first kappa shape index (κ1) is 7.36. The van der Waals surface area contributed by atoms with Crippen LogP contribution < -0.4 is 0 Å². The van der Waals surface area contributed by atoms with Crippen LogP contribution in [-0.2, 0) is 4.74 Å². The van der Waals surface area contributed by atoms with Crippen molar-refractivity contribution in [2.24, 2.45) is 5.92 Å². The van der Waals surface area contributed by atoms with Gasteiger partial charge in [0.1, 0.15) is 5.56 Å². The first-order chi connectivity index (χ1) is 4.24. The van der Waals surface area contributed by atoms with E-state index in [9.17, 15) is 0 Å². The lowest BCUT2D eigenvalue weighted by Crippen LogP contribution is -2.11. The summed E-state index contributed by atoms with van der Waals surface area (Å²) in [5.41, 5.74) is -0.0232. The summed E-state index contributed by atoms with van der Waals surface area (Å²) in [4.78, 5) is 0. The van der Waals surface area contributed by atoms with Gasteiger partial charge in [-0.05, 0) is 18.8 Å². The summed E-state index contributed by atoms with van der Waals surface area (Å²) in [6.45, 7) is 4.33. The average molecular weight is 149 g/mol. The highest BCUT2D eigenvalue weighted by atomic mass is 35.5. The van der Waals surface area contributed by atoms with Gasteiger partial charge < -0.3 is 4.74 Å². The summed E-state index contributed by atoms with van der Waals surface area (Å²) in [6, 6.07) is 0. The van der Waals surface area contributed by atoms with Crippen molar-refractivity contribution in [3.63, 3.8) is 0 Å². The Morgan fingerprint density at radius 1 is 1.67 bits per heavy atom. The van der Waals surface area contributed by atoms with Crippen LogP contribution in [0.3, 0.4) is 0 Å². The molecule has 0 aromatic heterocycles. The molecule has 2 unspecified atom stereocenters. The maximum Gasteiger partial charge on any atom is 0.131 e. The maximum atomic E-state index is 5.76. The summed E-state index contributed by atoms with van der Waals surface area (Å²) >= 11 is 5.76. The van der Waals surface area contributed by atoms with Crippen LogP contribution >= 0.6 is 11.6 Å². The molecule has 0 aromatic carbocycles. The Morgan fingerprint density at radius 3 is 2.56 bits per heavy atom.